The number of hydrogen-bond acceptors (Lipinski definition) is 5. The molecule has 0 radical (unpaired) electrons. The number of nitrogens with zero attached hydrogens (tertiary/aromatic N) is 2. The van der Waals surface area contributed by atoms with Crippen molar-refractivity contribution < 1.29 is 9.26 Å². The predicted molar refractivity (Wildman–Crippen MR) is 80.7 cm³/mol. The number of ether oxygens (including phenoxy) is 1. The fourth-order valence-corrected chi connectivity index (χ4v) is 2.29. The molecule has 2 atom stereocenters. The second-order valence-electron chi connectivity index (χ2n) is 5.29. The third kappa shape index (κ3) is 4.37. The van der Waals surface area contributed by atoms with Gasteiger partial charge in [0.25, 0.3) is 0 Å². The van der Waals surface area contributed by atoms with E-state index in [4.69, 9.17) is 15.0 Å². The van der Waals surface area contributed by atoms with Crippen molar-refractivity contribution in [2.45, 2.75) is 32.3 Å². The fraction of sp³-hybridized carbons (Fsp3) is 0.500. The largest absolute Gasteiger partial charge is 0.369 e. The van der Waals surface area contributed by atoms with E-state index < -0.39 is 0 Å². The molecule has 2 aromatic rings. The molecule has 5 nitrogen and oxygen atoms in total. The lowest BCUT2D eigenvalue weighted by molar-refractivity contribution is 0.126. The molecule has 0 saturated carbocycles. The van der Waals surface area contributed by atoms with Crippen LogP contribution in [0.3, 0.4) is 0 Å². The van der Waals surface area contributed by atoms with Gasteiger partial charge in [-0.05, 0) is 30.9 Å². The summed E-state index contributed by atoms with van der Waals surface area (Å²) in [6.45, 7) is 2.90. The lowest BCUT2D eigenvalue weighted by Gasteiger charge is -2.10. The van der Waals surface area contributed by atoms with Gasteiger partial charge in [0.1, 0.15) is 6.10 Å². The smallest absolute Gasteiger partial charge is 0.226 e. The first kappa shape index (κ1) is 15.7. The molecule has 0 aliphatic heterocycles. The molecule has 0 aliphatic carbocycles. The Morgan fingerprint density at radius 1 is 1.24 bits per heavy atom. The molecule has 1 heterocycles. The van der Waals surface area contributed by atoms with Crippen LogP contribution in [0, 0.1) is 5.92 Å². The van der Waals surface area contributed by atoms with Gasteiger partial charge in [-0.3, -0.25) is 0 Å². The normalized spacial score (nSPS) is 14.0. The highest BCUT2D eigenvalue weighted by Crippen LogP contribution is 2.23. The monoisotopic (exact) mass is 289 g/mol. The molecule has 2 N–H and O–H groups in total. The van der Waals surface area contributed by atoms with Crippen LogP contribution in [0.25, 0.3) is 0 Å². The summed E-state index contributed by atoms with van der Waals surface area (Å²) in [5.74, 6) is 1.80. The molecule has 1 aromatic heterocycles. The van der Waals surface area contributed by atoms with Crippen LogP contribution < -0.4 is 5.73 Å². The van der Waals surface area contributed by atoms with E-state index in [0.29, 0.717) is 17.6 Å². The zero-order valence-corrected chi connectivity index (χ0v) is 12.7. The van der Waals surface area contributed by atoms with Crippen LogP contribution in [0.4, 0.5) is 0 Å². The van der Waals surface area contributed by atoms with Gasteiger partial charge in [0.05, 0.1) is 0 Å². The van der Waals surface area contributed by atoms with Crippen molar-refractivity contribution in [3.05, 3.63) is 47.6 Å². The van der Waals surface area contributed by atoms with Crippen molar-refractivity contribution in [3.63, 3.8) is 0 Å². The Morgan fingerprint density at radius 2 is 2.00 bits per heavy atom. The lowest BCUT2D eigenvalue weighted by atomic mass is 10.0. The highest BCUT2D eigenvalue weighted by Gasteiger charge is 2.19. The molecule has 2 rings (SSSR count). The minimum absolute atomic E-state index is 0.287. The van der Waals surface area contributed by atoms with Crippen molar-refractivity contribution in [1.82, 2.24) is 10.1 Å². The van der Waals surface area contributed by atoms with Crippen LogP contribution in [-0.2, 0) is 11.2 Å². The Hall–Kier alpha value is -1.72. The second kappa shape index (κ2) is 7.90. The summed E-state index contributed by atoms with van der Waals surface area (Å²) >= 11 is 0. The van der Waals surface area contributed by atoms with Crippen molar-refractivity contribution >= 4 is 0 Å². The molecule has 0 saturated heterocycles. The van der Waals surface area contributed by atoms with Crippen LogP contribution in [0.1, 0.15) is 43.1 Å². The maximum atomic E-state index is 5.56. The molecular formula is C16H23N3O2. The van der Waals surface area contributed by atoms with Gasteiger partial charge in [-0.2, -0.15) is 4.98 Å². The van der Waals surface area contributed by atoms with Gasteiger partial charge in [0.2, 0.25) is 11.7 Å². The van der Waals surface area contributed by atoms with Crippen molar-refractivity contribution in [2.75, 3.05) is 13.7 Å². The predicted octanol–water partition coefficient (Wildman–Crippen LogP) is 2.72. The van der Waals surface area contributed by atoms with E-state index in [-0.39, 0.29) is 6.10 Å². The minimum atomic E-state index is -0.287. The van der Waals surface area contributed by atoms with Gasteiger partial charge in [-0.25, -0.2) is 0 Å². The molecule has 1 aromatic carbocycles. The first-order chi connectivity index (χ1) is 10.2. The molecule has 5 heteroatoms. The average Bonchev–Trinajstić information content (AvgIpc) is 2.96. The van der Waals surface area contributed by atoms with E-state index in [0.717, 1.165) is 31.4 Å². The molecule has 2 unspecified atom stereocenters. The van der Waals surface area contributed by atoms with Crippen molar-refractivity contribution in [3.8, 4) is 0 Å². The third-order valence-electron chi connectivity index (χ3n) is 3.57. The van der Waals surface area contributed by atoms with Crippen LogP contribution in [0.2, 0.25) is 0 Å². The molecule has 0 amide bonds. The van der Waals surface area contributed by atoms with E-state index in [1.165, 1.54) is 0 Å². The second-order valence-corrected chi connectivity index (χ2v) is 5.29. The Labute approximate surface area is 125 Å². The number of rotatable bonds is 8. The number of aromatic nitrogens is 2. The molecular weight excluding hydrogens is 266 g/mol. The van der Waals surface area contributed by atoms with Crippen LogP contribution >= 0.6 is 0 Å². The Balaban J connectivity index is 2.01. The topological polar surface area (TPSA) is 74.2 Å². The van der Waals surface area contributed by atoms with Gasteiger partial charge in [0, 0.05) is 13.5 Å². The third-order valence-corrected chi connectivity index (χ3v) is 3.57. The molecule has 21 heavy (non-hydrogen) atoms. The highest BCUT2D eigenvalue weighted by molar-refractivity contribution is 5.22. The van der Waals surface area contributed by atoms with E-state index in [2.05, 4.69) is 17.1 Å². The summed E-state index contributed by atoms with van der Waals surface area (Å²) < 4.78 is 10.8. The summed E-state index contributed by atoms with van der Waals surface area (Å²) in [6.07, 6.45) is 2.51. The highest BCUT2D eigenvalue weighted by atomic mass is 16.5. The van der Waals surface area contributed by atoms with E-state index in [1.54, 1.807) is 7.11 Å². The first-order valence-corrected chi connectivity index (χ1v) is 7.35. The van der Waals surface area contributed by atoms with Gasteiger partial charge < -0.3 is 15.0 Å². The Bertz CT molecular complexity index is 527. The maximum absolute atomic E-state index is 5.56. The number of hydrogen-bond donors (Lipinski definition) is 1. The van der Waals surface area contributed by atoms with Gasteiger partial charge >= 0.3 is 0 Å². The first-order valence-electron chi connectivity index (χ1n) is 7.35. The van der Waals surface area contributed by atoms with Crippen LogP contribution in [0.5, 0.6) is 0 Å². The van der Waals surface area contributed by atoms with E-state index in [1.807, 2.05) is 30.3 Å². The molecule has 0 aliphatic rings. The lowest BCUT2D eigenvalue weighted by Crippen LogP contribution is -2.07. The fourth-order valence-electron chi connectivity index (χ4n) is 2.29. The maximum Gasteiger partial charge on any atom is 0.226 e. The van der Waals surface area contributed by atoms with Crippen molar-refractivity contribution in [2.24, 2.45) is 11.7 Å². The zero-order chi connectivity index (χ0) is 15.1. The summed E-state index contributed by atoms with van der Waals surface area (Å²) in [4.78, 5) is 4.46. The summed E-state index contributed by atoms with van der Waals surface area (Å²) in [5, 5.41) is 4.05. The number of methoxy groups -OCH3 is 1. The standard InChI is InChI=1S/C16H23N3O2/c1-12(10-11-17)8-9-14-18-16(19-21-14)15(20-2)13-6-4-3-5-7-13/h3-7,12,15H,8-11,17H2,1-2H3. The Morgan fingerprint density at radius 3 is 2.67 bits per heavy atom. The van der Waals surface area contributed by atoms with Gasteiger partial charge in [-0.15, -0.1) is 0 Å². The molecule has 114 valence electrons. The Kier molecular flexibility index (Phi) is 5.90. The van der Waals surface area contributed by atoms with Crippen molar-refractivity contribution in [1.29, 1.82) is 0 Å². The van der Waals surface area contributed by atoms with Gasteiger partial charge in [0.15, 0.2) is 0 Å². The summed E-state index contributed by atoms with van der Waals surface area (Å²) in [6, 6.07) is 9.89. The SMILES string of the molecule is COC(c1ccccc1)c1noc(CCC(C)CCN)n1. The summed E-state index contributed by atoms with van der Waals surface area (Å²) in [5.41, 5.74) is 6.57. The van der Waals surface area contributed by atoms with E-state index >= 15 is 0 Å². The molecule has 0 bridgehead atoms. The number of benzene rings is 1. The summed E-state index contributed by atoms with van der Waals surface area (Å²) in [7, 11) is 1.65. The number of aryl methyl sites for hydroxylation is 1. The molecule has 0 spiro atoms. The van der Waals surface area contributed by atoms with Gasteiger partial charge in [-0.1, -0.05) is 42.4 Å². The van der Waals surface area contributed by atoms with Crippen LogP contribution in [-0.4, -0.2) is 23.8 Å². The van der Waals surface area contributed by atoms with E-state index in [9.17, 15) is 0 Å². The quantitative estimate of drug-likeness (QED) is 0.808. The minimum Gasteiger partial charge on any atom is -0.369 e. The average molecular weight is 289 g/mol. The number of nitrogens with two attached hydrogens (primary N) is 1. The molecule has 0 fully saturated rings. The zero-order valence-electron chi connectivity index (χ0n) is 12.7. The van der Waals surface area contributed by atoms with Crippen LogP contribution in [0.15, 0.2) is 34.9 Å².